The van der Waals surface area contributed by atoms with Crippen LogP contribution in [-0.2, 0) is 13.6 Å². The molecule has 1 N–H and O–H groups in total. The van der Waals surface area contributed by atoms with E-state index in [2.05, 4.69) is 11.5 Å². The molecule has 174 valence electrons. The van der Waals surface area contributed by atoms with E-state index in [0.717, 1.165) is 29.8 Å². The molecule has 1 saturated carbocycles. The zero-order valence-corrected chi connectivity index (χ0v) is 19.2. The third-order valence-corrected chi connectivity index (χ3v) is 5.93. The van der Waals surface area contributed by atoms with E-state index in [1.54, 1.807) is 16.8 Å². The lowest BCUT2D eigenvalue weighted by Gasteiger charge is -2.25. The first kappa shape index (κ1) is 23.2. The normalized spacial score (nSPS) is 14.4. The molecule has 5 nitrogen and oxygen atoms in total. The van der Waals surface area contributed by atoms with E-state index in [1.165, 1.54) is 25.0 Å². The minimum Gasteiger partial charge on any atom is -0.439 e. The quantitative estimate of drug-likeness (QED) is 0.368. The molecule has 0 bridgehead atoms. The molecule has 1 aliphatic carbocycles. The van der Waals surface area contributed by atoms with Gasteiger partial charge in [-0.1, -0.05) is 36.4 Å². The maximum absolute atomic E-state index is 13.4. The van der Waals surface area contributed by atoms with Crippen LogP contribution in [0.1, 0.15) is 31.2 Å². The van der Waals surface area contributed by atoms with Gasteiger partial charge in [-0.15, -0.1) is 6.58 Å². The summed E-state index contributed by atoms with van der Waals surface area (Å²) < 4.78 is 21.4. The van der Waals surface area contributed by atoms with Gasteiger partial charge in [-0.3, -0.25) is 4.90 Å². The van der Waals surface area contributed by atoms with E-state index in [9.17, 15) is 9.50 Å². The average Bonchev–Trinajstić information content (AvgIpc) is 3.58. The topological polar surface area (TPSA) is 50.5 Å². The Labute approximate surface area is 195 Å². The molecule has 1 atom stereocenters. The van der Waals surface area contributed by atoms with Crippen LogP contribution in [0.4, 0.5) is 4.39 Å². The summed E-state index contributed by atoms with van der Waals surface area (Å²) in [5.41, 5.74) is 2.83. The number of halogens is 1. The van der Waals surface area contributed by atoms with Crippen molar-refractivity contribution in [2.45, 2.75) is 38.3 Å². The molecule has 1 heterocycles. The Balaban J connectivity index is 1.66. The van der Waals surface area contributed by atoms with Crippen molar-refractivity contribution in [3.05, 3.63) is 78.6 Å². The first-order chi connectivity index (χ1) is 16.0. The highest BCUT2D eigenvalue weighted by Crippen LogP contribution is 2.36. The Kier molecular flexibility index (Phi) is 7.57. The van der Waals surface area contributed by atoms with E-state index in [4.69, 9.17) is 9.84 Å². The van der Waals surface area contributed by atoms with Crippen LogP contribution in [0.15, 0.2) is 67.3 Å². The molecule has 0 amide bonds. The molecule has 0 radical (unpaired) electrons. The number of rotatable bonds is 12. The Morgan fingerprint density at radius 1 is 1.21 bits per heavy atom. The van der Waals surface area contributed by atoms with Crippen molar-refractivity contribution in [3.63, 3.8) is 0 Å². The van der Waals surface area contributed by atoms with Gasteiger partial charge in [-0.2, -0.15) is 5.10 Å². The number of hydrogen-bond donors (Lipinski definition) is 1. The monoisotopic (exact) mass is 449 g/mol. The van der Waals surface area contributed by atoms with Crippen LogP contribution >= 0.6 is 0 Å². The van der Waals surface area contributed by atoms with Crippen molar-refractivity contribution in [1.82, 2.24) is 14.7 Å². The lowest BCUT2D eigenvalue weighted by atomic mass is 10.1. The summed E-state index contributed by atoms with van der Waals surface area (Å²) in [6.45, 7) is 5.90. The second-order valence-corrected chi connectivity index (χ2v) is 8.84. The fraction of sp³-hybridized carbons (Fsp3) is 0.370. The lowest BCUT2D eigenvalue weighted by Crippen LogP contribution is -2.33. The number of aromatic nitrogens is 2. The molecule has 0 aliphatic heterocycles. The molecule has 3 aromatic rings. The summed E-state index contributed by atoms with van der Waals surface area (Å²) in [5.74, 6) is 1.55. The van der Waals surface area contributed by atoms with Gasteiger partial charge in [-0.25, -0.2) is 9.07 Å². The SMILES string of the molecule is C=CCC[C@H](O)CN(Cc1c(-c2ccccc2)nn(C)c1Oc1ccc(F)cc1)CC1CC1. The molecule has 1 aliphatic rings. The van der Waals surface area contributed by atoms with Gasteiger partial charge >= 0.3 is 0 Å². The van der Waals surface area contributed by atoms with Crippen LogP contribution < -0.4 is 4.74 Å². The summed E-state index contributed by atoms with van der Waals surface area (Å²) in [4.78, 5) is 2.31. The van der Waals surface area contributed by atoms with Gasteiger partial charge < -0.3 is 9.84 Å². The second-order valence-electron chi connectivity index (χ2n) is 8.84. The van der Waals surface area contributed by atoms with Crippen LogP contribution in [0.2, 0.25) is 0 Å². The molecule has 0 saturated heterocycles. The zero-order valence-electron chi connectivity index (χ0n) is 19.2. The predicted molar refractivity (Wildman–Crippen MR) is 129 cm³/mol. The third-order valence-electron chi connectivity index (χ3n) is 5.93. The van der Waals surface area contributed by atoms with Gasteiger partial charge in [0.25, 0.3) is 0 Å². The van der Waals surface area contributed by atoms with Gasteiger partial charge in [0.05, 0.1) is 11.7 Å². The summed E-state index contributed by atoms with van der Waals surface area (Å²) >= 11 is 0. The Morgan fingerprint density at radius 3 is 2.61 bits per heavy atom. The van der Waals surface area contributed by atoms with Crippen molar-refractivity contribution >= 4 is 0 Å². The first-order valence-electron chi connectivity index (χ1n) is 11.6. The van der Waals surface area contributed by atoms with Crippen molar-refractivity contribution in [2.24, 2.45) is 13.0 Å². The summed E-state index contributed by atoms with van der Waals surface area (Å²) in [5, 5.41) is 15.4. The fourth-order valence-electron chi connectivity index (χ4n) is 4.06. The molecule has 1 aromatic heterocycles. The number of nitrogens with zero attached hydrogens (tertiary/aromatic N) is 3. The number of allylic oxidation sites excluding steroid dienone is 1. The number of aliphatic hydroxyl groups is 1. The average molecular weight is 450 g/mol. The second kappa shape index (κ2) is 10.8. The molecular formula is C27H32FN3O2. The number of aliphatic hydroxyl groups excluding tert-OH is 1. The molecule has 6 heteroatoms. The van der Waals surface area contributed by atoms with Crippen molar-refractivity contribution in [1.29, 1.82) is 0 Å². The van der Waals surface area contributed by atoms with Crippen LogP contribution in [0, 0.1) is 11.7 Å². The molecule has 0 spiro atoms. The highest BCUT2D eigenvalue weighted by molar-refractivity contribution is 5.65. The largest absolute Gasteiger partial charge is 0.439 e. The van der Waals surface area contributed by atoms with Gasteiger partial charge in [0.2, 0.25) is 5.88 Å². The molecule has 4 rings (SSSR count). The van der Waals surface area contributed by atoms with E-state index in [0.29, 0.717) is 37.1 Å². The summed E-state index contributed by atoms with van der Waals surface area (Å²) in [6, 6.07) is 16.1. The van der Waals surface area contributed by atoms with Gasteiger partial charge in [-0.05, 0) is 55.9 Å². The van der Waals surface area contributed by atoms with Crippen LogP contribution in [-0.4, -0.2) is 39.0 Å². The van der Waals surface area contributed by atoms with Crippen molar-refractivity contribution in [2.75, 3.05) is 13.1 Å². The molecule has 0 unspecified atom stereocenters. The molecule has 33 heavy (non-hydrogen) atoms. The van der Waals surface area contributed by atoms with E-state index in [1.807, 2.05) is 43.5 Å². The Hall–Kier alpha value is -2.96. The first-order valence-corrected chi connectivity index (χ1v) is 11.6. The van der Waals surface area contributed by atoms with Gasteiger partial charge in [0, 0.05) is 32.2 Å². The van der Waals surface area contributed by atoms with Gasteiger partial charge in [0.15, 0.2) is 0 Å². The van der Waals surface area contributed by atoms with Crippen LogP contribution in [0.5, 0.6) is 11.6 Å². The smallest absolute Gasteiger partial charge is 0.222 e. The van der Waals surface area contributed by atoms with E-state index in [-0.39, 0.29) is 5.82 Å². The summed E-state index contributed by atoms with van der Waals surface area (Å²) in [6.07, 6.45) is 5.38. The number of benzene rings is 2. The fourth-order valence-corrected chi connectivity index (χ4v) is 4.06. The van der Waals surface area contributed by atoms with E-state index < -0.39 is 6.10 Å². The maximum Gasteiger partial charge on any atom is 0.222 e. The van der Waals surface area contributed by atoms with Crippen molar-refractivity contribution in [3.8, 4) is 22.9 Å². The summed E-state index contributed by atoms with van der Waals surface area (Å²) in [7, 11) is 1.86. The van der Waals surface area contributed by atoms with Crippen LogP contribution in [0.25, 0.3) is 11.3 Å². The molecule has 2 aromatic carbocycles. The predicted octanol–water partition coefficient (Wildman–Crippen LogP) is 5.56. The van der Waals surface area contributed by atoms with Crippen LogP contribution in [0.3, 0.4) is 0 Å². The zero-order chi connectivity index (χ0) is 23.2. The standard InChI is InChI=1S/C27H32FN3O2/c1-3-4-10-23(32)18-31(17-20-11-12-20)19-25-26(21-8-6-5-7-9-21)29-30(2)27(25)33-24-15-13-22(28)14-16-24/h3,5-9,13-16,20,23,32H,1,4,10-12,17-19H2,2H3/t23-/m0/s1. The highest BCUT2D eigenvalue weighted by Gasteiger charge is 2.28. The number of hydrogen-bond acceptors (Lipinski definition) is 4. The maximum atomic E-state index is 13.4. The number of ether oxygens (including phenoxy) is 1. The highest BCUT2D eigenvalue weighted by atomic mass is 19.1. The van der Waals surface area contributed by atoms with Gasteiger partial charge in [0.1, 0.15) is 17.3 Å². The molecule has 1 fully saturated rings. The third kappa shape index (κ3) is 6.30. The van der Waals surface area contributed by atoms with Crippen molar-refractivity contribution < 1.29 is 14.2 Å². The minimum absolute atomic E-state index is 0.304. The molecular weight excluding hydrogens is 417 g/mol. The lowest BCUT2D eigenvalue weighted by molar-refractivity contribution is 0.0992. The minimum atomic E-state index is -0.417. The Bertz CT molecular complexity index is 1050. The Morgan fingerprint density at radius 2 is 1.94 bits per heavy atom. The van der Waals surface area contributed by atoms with E-state index >= 15 is 0 Å². The number of aryl methyl sites for hydroxylation is 1.